The summed E-state index contributed by atoms with van der Waals surface area (Å²) in [5.41, 5.74) is 3.37. The van der Waals surface area contributed by atoms with Crippen LogP contribution in [-0.2, 0) is 6.42 Å². The van der Waals surface area contributed by atoms with E-state index in [4.69, 9.17) is 4.98 Å². The van der Waals surface area contributed by atoms with E-state index in [1.54, 1.807) is 11.3 Å². The Balaban J connectivity index is 1.37. The third kappa shape index (κ3) is 5.56. The van der Waals surface area contributed by atoms with Crippen LogP contribution in [0, 0.1) is 6.92 Å². The molecule has 1 aromatic heterocycles. The molecular weight excluding hydrogens is 402 g/mol. The Bertz CT molecular complexity index is 844. The molecule has 1 aromatic carbocycles. The van der Waals surface area contributed by atoms with Crippen molar-refractivity contribution in [2.24, 2.45) is 0 Å². The molecule has 0 spiro atoms. The molecule has 3 heterocycles. The number of carbonyl (C=O) groups is 1. The predicted octanol–water partition coefficient (Wildman–Crippen LogP) is 5.94. The van der Waals surface area contributed by atoms with Crippen LogP contribution in [0.4, 0.5) is 0 Å². The molecule has 4 rings (SSSR count). The summed E-state index contributed by atoms with van der Waals surface area (Å²) in [7, 11) is 0. The summed E-state index contributed by atoms with van der Waals surface area (Å²) in [4.78, 5) is 23.6. The summed E-state index contributed by atoms with van der Waals surface area (Å²) < 4.78 is 0. The van der Waals surface area contributed by atoms with Gasteiger partial charge >= 0.3 is 0 Å². The van der Waals surface area contributed by atoms with Crippen molar-refractivity contribution >= 4 is 17.2 Å². The lowest BCUT2D eigenvalue weighted by atomic mass is 10.0. The second kappa shape index (κ2) is 10.7. The van der Waals surface area contributed by atoms with Crippen LogP contribution in [0.5, 0.6) is 0 Å². The fourth-order valence-corrected chi connectivity index (χ4v) is 5.99. The highest BCUT2D eigenvalue weighted by Gasteiger charge is 2.29. The van der Waals surface area contributed by atoms with Gasteiger partial charge in [-0.15, -0.1) is 11.3 Å². The number of rotatable bonds is 6. The molecular formula is C26H37N3OS. The summed E-state index contributed by atoms with van der Waals surface area (Å²) in [6.07, 6.45) is 11.2. The zero-order valence-electron chi connectivity index (χ0n) is 19.2. The molecule has 0 bridgehead atoms. The smallest absolute Gasteiger partial charge is 0.265 e. The Kier molecular flexibility index (Phi) is 7.78. The van der Waals surface area contributed by atoms with Gasteiger partial charge in [0.25, 0.3) is 5.91 Å². The maximum absolute atomic E-state index is 13.3. The number of aryl methyl sites for hydroxylation is 2. The van der Waals surface area contributed by atoms with E-state index in [1.165, 1.54) is 57.2 Å². The Hall–Kier alpha value is -1.72. The van der Waals surface area contributed by atoms with Gasteiger partial charge in [0.15, 0.2) is 0 Å². The lowest BCUT2D eigenvalue weighted by molar-refractivity contribution is 0.0626. The monoisotopic (exact) mass is 439 g/mol. The Morgan fingerprint density at radius 2 is 1.71 bits per heavy atom. The van der Waals surface area contributed by atoms with Crippen LogP contribution < -0.4 is 0 Å². The summed E-state index contributed by atoms with van der Waals surface area (Å²) in [5.74, 6) is 0.176. The van der Waals surface area contributed by atoms with Crippen molar-refractivity contribution in [2.75, 3.05) is 26.2 Å². The summed E-state index contributed by atoms with van der Waals surface area (Å²) in [6.45, 7) is 8.44. The third-order valence-corrected chi connectivity index (χ3v) is 8.11. The van der Waals surface area contributed by atoms with E-state index < -0.39 is 0 Å². The van der Waals surface area contributed by atoms with Crippen LogP contribution >= 0.6 is 11.3 Å². The Labute approximate surface area is 191 Å². The molecule has 0 unspecified atom stereocenters. The number of nitrogens with zero attached hydrogens (tertiary/aromatic N) is 3. The van der Waals surface area contributed by atoms with Gasteiger partial charge in [0, 0.05) is 24.7 Å². The minimum atomic E-state index is 0.176. The van der Waals surface area contributed by atoms with Crippen LogP contribution in [0.15, 0.2) is 24.3 Å². The summed E-state index contributed by atoms with van der Waals surface area (Å²) in [6, 6.07) is 9.38. The molecule has 5 heteroatoms. The van der Waals surface area contributed by atoms with E-state index >= 15 is 0 Å². The first-order valence-corrected chi connectivity index (χ1v) is 13.1. The average molecular weight is 440 g/mol. The molecule has 2 aliphatic heterocycles. The first-order valence-electron chi connectivity index (χ1n) is 12.3. The van der Waals surface area contributed by atoms with Gasteiger partial charge in [0.2, 0.25) is 0 Å². The van der Waals surface area contributed by atoms with Crippen molar-refractivity contribution in [1.82, 2.24) is 14.8 Å². The fourth-order valence-electron chi connectivity index (χ4n) is 4.95. The zero-order valence-corrected chi connectivity index (χ0v) is 20.1. The van der Waals surface area contributed by atoms with Crippen molar-refractivity contribution in [3.05, 3.63) is 40.4 Å². The third-order valence-electron chi connectivity index (χ3n) is 6.92. The first kappa shape index (κ1) is 22.5. The van der Waals surface area contributed by atoms with Gasteiger partial charge in [0.05, 0.1) is 5.69 Å². The number of hydrogen-bond donors (Lipinski definition) is 0. The summed E-state index contributed by atoms with van der Waals surface area (Å²) >= 11 is 1.56. The topological polar surface area (TPSA) is 36.4 Å². The van der Waals surface area contributed by atoms with Gasteiger partial charge in [-0.25, -0.2) is 4.98 Å². The van der Waals surface area contributed by atoms with Gasteiger partial charge in [-0.1, -0.05) is 50.5 Å². The number of aromatic nitrogens is 1. The second-order valence-corrected chi connectivity index (χ2v) is 10.2. The van der Waals surface area contributed by atoms with Crippen molar-refractivity contribution in [3.8, 4) is 10.6 Å². The molecule has 2 aliphatic rings. The lowest BCUT2D eigenvalue weighted by Crippen LogP contribution is -2.47. The van der Waals surface area contributed by atoms with Crippen LogP contribution in [0.2, 0.25) is 0 Å². The predicted molar refractivity (Wildman–Crippen MR) is 130 cm³/mol. The van der Waals surface area contributed by atoms with E-state index in [0.29, 0.717) is 6.04 Å². The molecule has 0 atom stereocenters. The van der Waals surface area contributed by atoms with Crippen molar-refractivity contribution in [2.45, 2.75) is 77.7 Å². The largest absolute Gasteiger partial charge is 0.338 e. The molecule has 4 nitrogen and oxygen atoms in total. The Morgan fingerprint density at radius 3 is 2.35 bits per heavy atom. The normalized spacial score (nSPS) is 18.8. The minimum Gasteiger partial charge on any atom is -0.338 e. The number of thiazole rings is 1. The van der Waals surface area contributed by atoms with E-state index in [9.17, 15) is 4.79 Å². The maximum Gasteiger partial charge on any atom is 0.265 e. The van der Waals surface area contributed by atoms with E-state index in [2.05, 4.69) is 41.0 Å². The molecule has 0 N–H and O–H groups in total. The molecule has 2 aromatic rings. The number of amides is 1. The average Bonchev–Trinajstić information content (AvgIpc) is 3.00. The Morgan fingerprint density at radius 1 is 1.03 bits per heavy atom. The molecule has 2 saturated heterocycles. The van der Waals surface area contributed by atoms with E-state index in [0.717, 1.165) is 53.5 Å². The highest BCUT2D eigenvalue weighted by atomic mass is 32.1. The SMILES string of the molecule is CCCCc1ccc(-c2nc(C)c(C(=O)N3CCC(N4CCCCCC4)CC3)s2)cc1. The number of unbranched alkanes of at least 4 members (excludes halogenated alkanes) is 1. The minimum absolute atomic E-state index is 0.176. The highest BCUT2D eigenvalue weighted by Crippen LogP contribution is 2.30. The van der Waals surface area contributed by atoms with Gasteiger partial charge in [-0.3, -0.25) is 4.79 Å². The highest BCUT2D eigenvalue weighted by molar-refractivity contribution is 7.17. The molecule has 31 heavy (non-hydrogen) atoms. The van der Waals surface area contributed by atoms with E-state index in [1.807, 2.05) is 6.92 Å². The van der Waals surface area contributed by atoms with Crippen LogP contribution in [-0.4, -0.2) is 52.9 Å². The maximum atomic E-state index is 13.3. The number of carbonyl (C=O) groups excluding carboxylic acids is 1. The van der Waals surface area contributed by atoms with Crippen LogP contribution in [0.3, 0.4) is 0 Å². The van der Waals surface area contributed by atoms with Crippen molar-refractivity contribution in [3.63, 3.8) is 0 Å². The van der Waals surface area contributed by atoms with Crippen LogP contribution in [0.25, 0.3) is 10.6 Å². The fraction of sp³-hybridized carbons (Fsp3) is 0.615. The van der Waals surface area contributed by atoms with E-state index in [-0.39, 0.29) is 5.91 Å². The van der Waals surface area contributed by atoms with Gasteiger partial charge in [-0.2, -0.15) is 0 Å². The lowest BCUT2D eigenvalue weighted by Gasteiger charge is -2.38. The summed E-state index contributed by atoms with van der Waals surface area (Å²) in [5, 5.41) is 0.961. The number of hydrogen-bond acceptors (Lipinski definition) is 4. The molecule has 0 aliphatic carbocycles. The number of benzene rings is 1. The second-order valence-electron chi connectivity index (χ2n) is 9.21. The molecule has 0 saturated carbocycles. The van der Waals surface area contributed by atoms with Crippen molar-refractivity contribution in [1.29, 1.82) is 0 Å². The van der Waals surface area contributed by atoms with Crippen molar-refractivity contribution < 1.29 is 4.79 Å². The quantitative estimate of drug-likeness (QED) is 0.559. The van der Waals surface area contributed by atoms with Gasteiger partial charge in [-0.05, 0) is 64.1 Å². The molecule has 0 radical (unpaired) electrons. The van der Waals surface area contributed by atoms with Crippen LogP contribution in [0.1, 0.15) is 79.2 Å². The number of likely N-dealkylation sites (tertiary alicyclic amines) is 2. The molecule has 2 fully saturated rings. The standard InChI is InChI=1S/C26H37N3OS/c1-3-4-9-21-10-12-22(13-11-21)25-27-20(2)24(31-25)26(30)29-18-14-23(15-19-29)28-16-7-5-6-8-17-28/h10-13,23H,3-9,14-19H2,1-2H3. The van der Waals surface area contributed by atoms with Gasteiger partial charge < -0.3 is 9.80 Å². The molecule has 168 valence electrons. The van der Waals surface area contributed by atoms with Gasteiger partial charge in [0.1, 0.15) is 9.88 Å². The zero-order chi connectivity index (χ0) is 21.6. The molecule has 1 amide bonds. The number of piperidine rings is 1. The first-order chi connectivity index (χ1) is 15.2.